The van der Waals surface area contributed by atoms with Crippen molar-refractivity contribution in [1.82, 2.24) is 5.16 Å². The maximum absolute atomic E-state index is 12.3. The van der Waals surface area contributed by atoms with E-state index in [2.05, 4.69) is 24.6 Å². The highest BCUT2D eigenvalue weighted by atomic mass is 32.2. The highest BCUT2D eigenvalue weighted by Crippen LogP contribution is 2.34. The first kappa shape index (κ1) is 20.1. The zero-order valence-electron chi connectivity index (χ0n) is 15.5. The Bertz CT molecular complexity index is 880. The zero-order chi connectivity index (χ0) is 19.2. The number of nitrogens with zero attached hydrogens (tertiary/aromatic N) is 5. The summed E-state index contributed by atoms with van der Waals surface area (Å²) >= 11 is 0. The lowest BCUT2D eigenvalue weighted by Crippen LogP contribution is -2.21. The zero-order valence-corrected chi connectivity index (χ0v) is 16.4. The second kappa shape index (κ2) is 8.91. The van der Waals surface area contributed by atoms with Crippen molar-refractivity contribution in [3.8, 4) is 0 Å². The molecule has 0 fully saturated rings. The van der Waals surface area contributed by atoms with Gasteiger partial charge in [-0.1, -0.05) is 12.1 Å². The SMILES string of the molecule is CCCS(=O)(O)=Nc1cc(N(CC)CC)ccc1N=Nc1cc(C)on1. The van der Waals surface area contributed by atoms with E-state index in [1.54, 1.807) is 25.1 Å². The van der Waals surface area contributed by atoms with Crippen LogP contribution in [-0.4, -0.2) is 32.8 Å². The van der Waals surface area contributed by atoms with E-state index in [4.69, 9.17) is 4.52 Å². The number of aryl methyl sites for hydroxylation is 1. The number of anilines is 1. The van der Waals surface area contributed by atoms with Gasteiger partial charge >= 0.3 is 0 Å². The van der Waals surface area contributed by atoms with Crippen molar-refractivity contribution in [3.05, 3.63) is 30.0 Å². The number of benzene rings is 1. The maximum atomic E-state index is 12.3. The van der Waals surface area contributed by atoms with Crippen LogP contribution in [0.4, 0.5) is 22.9 Å². The van der Waals surface area contributed by atoms with Crippen molar-refractivity contribution in [3.63, 3.8) is 0 Å². The Balaban J connectivity index is 2.49. The highest BCUT2D eigenvalue weighted by molar-refractivity contribution is 7.88. The number of hydrogen-bond acceptors (Lipinski definition) is 7. The fourth-order valence-electron chi connectivity index (χ4n) is 2.43. The van der Waals surface area contributed by atoms with Gasteiger partial charge in [0, 0.05) is 24.8 Å². The van der Waals surface area contributed by atoms with Crippen LogP contribution >= 0.6 is 0 Å². The molecule has 9 heteroatoms. The highest BCUT2D eigenvalue weighted by Gasteiger charge is 2.11. The molecule has 142 valence electrons. The molecule has 0 aliphatic rings. The van der Waals surface area contributed by atoms with Gasteiger partial charge in [-0.2, -0.15) is 4.36 Å². The van der Waals surface area contributed by atoms with Crippen molar-refractivity contribution < 1.29 is 13.3 Å². The van der Waals surface area contributed by atoms with Crippen molar-refractivity contribution in [2.45, 2.75) is 34.1 Å². The summed E-state index contributed by atoms with van der Waals surface area (Å²) in [5, 5.41) is 11.9. The largest absolute Gasteiger partial charge is 0.372 e. The Labute approximate surface area is 154 Å². The van der Waals surface area contributed by atoms with E-state index < -0.39 is 10.0 Å². The summed E-state index contributed by atoms with van der Waals surface area (Å²) in [5.41, 5.74) is 1.65. The van der Waals surface area contributed by atoms with Gasteiger partial charge in [0.25, 0.3) is 0 Å². The van der Waals surface area contributed by atoms with Gasteiger partial charge in [-0.3, -0.25) is 0 Å². The fourth-order valence-corrected chi connectivity index (χ4v) is 3.50. The topological polar surface area (TPSA) is 104 Å². The molecule has 26 heavy (non-hydrogen) atoms. The first-order chi connectivity index (χ1) is 12.4. The van der Waals surface area contributed by atoms with Crippen LogP contribution in [0.25, 0.3) is 0 Å². The van der Waals surface area contributed by atoms with Crippen LogP contribution in [0.15, 0.2) is 43.4 Å². The standard InChI is InChI=1S/C17H25N5O3S/c1-5-10-26(23,24)21-16-12-14(22(6-2)7-3)8-9-15(16)18-19-17-11-13(4)25-20-17/h8-9,11-12H,5-7,10H2,1-4H3,(H,21,23,24). The normalized spacial score (nSPS) is 13.7. The second-order valence-electron chi connectivity index (χ2n) is 5.74. The molecule has 0 saturated heterocycles. The van der Waals surface area contributed by atoms with Gasteiger partial charge in [0.1, 0.15) is 17.1 Å². The van der Waals surface area contributed by atoms with Gasteiger partial charge in [-0.25, -0.2) is 4.21 Å². The van der Waals surface area contributed by atoms with Crippen LogP contribution < -0.4 is 4.90 Å². The molecule has 1 N–H and O–H groups in total. The predicted molar refractivity (Wildman–Crippen MR) is 103 cm³/mol. The van der Waals surface area contributed by atoms with Crippen LogP contribution in [0.5, 0.6) is 0 Å². The third kappa shape index (κ3) is 5.37. The van der Waals surface area contributed by atoms with Crippen molar-refractivity contribution in [2.24, 2.45) is 14.6 Å². The van der Waals surface area contributed by atoms with E-state index in [0.717, 1.165) is 18.8 Å². The van der Waals surface area contributed by atoms with E-state index in [9.17, 15) is 8.76 Å². The molecule has 0 bridgehead atoms. The summed E-state index contributed by atoms with van der Waals surface area (Å²) in [5.74, 6) is 1.06. The quantitative estimate of drug-likeness (QED) is 0.633. The molecular weight excluding hydrogens is 354 g/mol. The minimum Gasteiger partial charge on any atom is -0.372 e. The third-order valence-corrected chi connectivity index (χ3v) is 5.10. The molecule has 0 aliphatic heterocycles. The van der Waals surface area contributed by atoms with Crippen molar-refractivity contribution >= 4 is 32.9 Å². The fraction of sp³-hybridized carbons (Fsp3) is 0.471. The Hall–Kier alpha value is -2.26. The molecule has 0 aliphatic carbocycles. The monoisotopic (exact) mass is 379 g/mol. The van der Waals surface area contributed by atoms with E-state index in [1.165, 1.54) is 0 Å². The summed E-state index contributed by atoms with van der Waals surface area (Å²) < 4.78 is 31.4. The minimum absolute atomic E-state index is 0.0988. The molecule has 0 saturated carbocycles. The summed E-state index contributed by atoms with van der Waals surface area (Å²) in [4.78, 5) is 2.12. The lowest BCUT2D eigenvalue weighted by Gasteiger charge is -2.21. The molecule has 0 radical (unpaired) electrons. The summed E-state index contributed by atoms with van der Waals surface area (Å²) in [6, 6.07) is 7.05. The molecule has 0 amide bonds. The van der Waals surface area contributed by atoms with Gasteiger partial charge in [0.2, 0.25) is 5.82 Å². The maximum Gasteiger partial charge on any atom is 0.216 e. The molecule has 1 atom stereocenters. The predicted octanol–water partition coefficient (Wildman–Crippen LogP) is 5.23. The molecule has 1 aromatic carbocycles. The minimum atomic E-state index is -3.32. The van der Waals surface area contributed by atoms with Gasteiger partial charge in [-0.05, 0) is 45.4 Å². The van der Waals surface area contributed by atoms with E-state index in [-0.39, 0.29) is 5.75 Å². The average molecular weight is 379 g/mol. The van der Waals surface area contributed by atoms with Crippen LogP contribution in [0, 0.1) is 6.92 Å². The number of hydrogen-bond donors (Lipinski definition) is 1. The summed E-state index contributed by atoms with van der Waals surface area (Å²) in [6.45, 7) is 9.33. The Kier molecular flexibility index (Phi) is 6.87. The van der Waals surface area contributed by atoms with Gasteiger partial charge in [0.05, 0.1) is 5.75 Å². The average Bonchev–Trinajstić information content (AvgIpc) is 3.00. The summed E-state index contributed by atoms with van der Waals surface area (Å²) in [6.07, 6.45) is 0.559. The molecule has 2 rings (SSSR count). The molecule has 1 aromatic heterocycles. The van der Waals surface area contributed by atoms with Crippen LogP contribution in [-0.2, 0) is 10.0 Å². The number of azo groups is 1. The number of rotatable bonds is 8. The van der Waals surface area contributed by atoms with Gasteiger partial charge in [0.15, 0.2) is 10.0 Å². The lowest BCUT2D eigenvalue weighted by atomic mass is 10.2. The Morgan fingerprint density at radius 2 is 1.88 bits per heavy atom. The third-order valence-electron chi connectivity index (χ3n) is 3.67. The molecule has 1 heterocycles. The second-order valence-corrected chi connectivity index (χ2v) is 7.55. The molecule has 8 nitrogen and oxygen atoms in total. The van der Waals surface area contributed by atoms with E-state index in [1.807, 2.05) is 26.8 Å². The smallest absolute Gasteiger partial charge is 0.216 e. The molecule has 0 spiro atoms. The summed E-state index contributed by atoms with van der Waals surface area (Å²) in [7, 11) is -3.32. The Morgan fingerprint density at radius 1 is 1.15 bits per heavy atom. The van der Waals surface area contributed by atoms with Gasteiger partial charge < -0.3 is 14.0 Å². The Morgan fingerprint density at radius 3 is 2.46 bits per heavy atom. The van der Waals surface area contributed by atoms with Crippen molar-refractivity contribution in [2.75, 3.05) is 23.7 Å². The van der Waals surface area contributed by atoms with Crippen LogP contribution in [0.2, 0.25) is 0 Å². The lowest BCUT2D eigenvalue weighted by molar-refractivity contribution is 0.399. The van der Waals surface area contributed by atoms with Crippen molar-refractivity contribution in [1.29, 1.82) is 0 Å². The van der Waals surface area contributed by atoms with Crippen LogP contribution in [0.3, 0.4) is 0 Å². The molecular formula is C17H25N5O3S. The van der Waals surface area contributed by atoms with E-state index >= 15 is 0 Å². The van der Waals surface area contributed by atoms with E-state index in [0.29, 0.717) is 29.4 Å². The first-order valence-corrected chi connectivity index (χ1v) is 10.2. The van der Waals surface area contributed by atoms with Gasteiger partial charge in [-0.15, -0.1) is 10.2 Å². The van der Waals surface area contributed by atoms with Crippen LogP contribution in [0.1, 0.15) is 33.0 Å². The first-order valence-electron chi connectivity index (χ1n) is 8.59. The number of aromatic nitrogens is 1. The molecule has 2 aromatic rings. The molecule has 1 unspecified atom stereocenters.